The average Bonchev–Trinajstić information content (AvgIpc) is 3.52. The summed E-state index contributed by atoms with van der Waals surface area (Å²) in [6, 6.07) is 14.0. The van der Waals surface area contributed by atoms with Gasteiger partial charge in [0.15, 0.2) is 6.29 Å². The maximum Gasteiger partial charge on any atom is 0.150 e. The summed E-state index contributed by atoms with van der Waals surface area (Å²) >= 11 is 0. The number of nitrogens with zero attached hydrogens (tertiary/aromatic N) is 1. The van der Waals surface area contributed by atoms with Crippen molar-refractivity contribution in [2.45, 2.75) is 44.4 Å². The quantitative estimate of drug-likeness (QED) is 0.442. The number of likely N-dealkylation sites (N-methyl/N-ethyl adjacent to an activating group) is 1. The SMILES string of the molecule is CNCCN1C[C@@H](Oc2ccc(N/C=C\c3cc(OC[C@@H]4CCCO4)ccc3C=O)cc2)C[C@@H]1C. The van der Waals surface area contributed by atoms with E-state index in [1.165, 1.54) is 0 Å². The van der Waals surface area contributed by atoms with E-state index in [-0.39, 0.29) is 12.2 Å². The molecule has 2 aromatic rings. The fraction of sp³-hybridized carbons (Fsp3) is 0.464. The van der Waals surface area contributed by atoms with Crippen molar-refractivity contribution < 1.29 is 19.0 Å². The first-order valence-corrected chi connectivity index (χ1v) is 12.6. The first-order chi connectivity index (χ1) is 17.1. The second-order valence-electron chi connectivity index (χ2n) is 9.28. The van der Waals surface area contributed by atoms with Crippen LogP contribution in [0.1, 0.15) is 42.1 Å². The molecule has 0 bridgehead atoms. The van der Waals surface area contributed by atoms with Gasteiger partial charge in [0, 0.05) is 56.2 Å². The zero-order chi connectivity index (χ0) is 24.5. The van der Waals surface area contributed by atoms with Gasteiger partial charge in [-0.15, -0.1) is 0 Å². The molecule has 0 aliphatic carbocycles. The van der Waals surface area contributed by atoms with E-state index >= 15 is 0 Å². The Labute approximate surface area is 208 Å². The van der Waals surface area contributed by atoms with Gasteiger partial charge in [-0.2, -0.15) is 0 Å². The van der Waals surface area contributed by atoms with Crippen LogP contribution in [0.25, 0.3) is 6.08 Å². The maximum atomic E-state index is 11.5. The van der Waals surface area contributed by atoms with Crippen molar-refractivity contribution in [3.05, 3.63) is 59.8 Å². The third-order valence-electron chi connectivity index (χ3n) is 6.63. The van der Waals surface area contributed by atoms with Crippen LogP contribution in [0.3, 0.4) is 0 Å². The van der Waals surface area contributed by atoms with Crippen molar-refractivity contribution in [3.63, 3.8) is 0 Å². The normalized spacial score (nSPS) is 22.5. The van der Waals surface area contributed by atoms with E-state index in [0.29, 0.717) is 18.2 Å². The molecule has 188 valence electrons. The fourth-order valence-corrected chi connectivity index (χ4v) is 4.61. The Morgan fingerprint density at radius 3 is 2.71 bits per heavy atom. The molecule has 35 heavy (non-hydrogen) atoms. The monoisotopic (exact) mass is 479 g/mol. The smallest absolute Gasteiger partial charge is 0.150 e. The van der Waals surface area contributed by atoms with Crippen LogP contribution >= 0.6 is 0 Å². The number of hydrogen-bond donors (Lipinski definition) is 2. The predicted octanol–water partition coefficient (Wildman–Crippen LogP) is 4.20. The van der Waals surface area contributed by atoms with Gasteiger partial charge in [-0.1, -0.05) is 0 Å². The van der Waals surface area contributed by atoms with Crippen LogP contribution in [-0.4, -0.2) is 69.3 Å². The van der Waals surface area contributed by atoms with E-state index < -0.39 is 0 Å². The molecule has 2 heterocycles. The van der Waals surface area contributed by atoms with Crippen molar-refractivity contribution >= 4 is 18.0 Å². The Kier molecular flexibility index (Phi) is 9.17. The molecule has 7 nitrogen and oxygen atoms in total. The van der Waals surface area contributed by atoms with Crippen LogP contribution in [-0.2, 0) is 4.74 Å². The van der Waals surface area contributed by atoms with Crippen LogP contribution in [0.5, 0.6) is 11.5 Å². The summed E-state index contributed by atoms with van der Waals surface area (Å²) in [6.45, 7) is 6.60. The largest absolute Gasteiger partial charge is 0.491 e. The second-order valence-corrected chi connectivity index (χ2v) is 9.28. The number of benzene rings is 2. The summed E-state index contributed by atoms with van der Waals surface area (Å²) in [5, 5.41) is 6.49. The van der Waals surface area contributed by atoms with E-state index in [9.17, 15) is 4.79 Å². The third-order valence-corrected chi connectivity index (χ3v) is 6.63. The van der Waals surface area contributed by atoms with Crippen molar-refractivity contribution in [3.8, 4) is 11.5 Å². The van der Waals surface area contributed by atoms with Crippen molar-refractivity contribution in [1.29, 1.82) is 0 Å². The number of anilines is 1. The highest BCUT2D eigenvalue weighted by Gasteiger charge is 2.29. The van der Waals surface area contributed by atoms with Crippen molar-refractivity contribution in [1.82, 2.24) is 10.2 Å². The van der Waals surface area contributed by atoms with E-state index in [2.05, 4.69) is 22.5 Å². The minimum absolute atomic E-state index is 0.155. The van der Waals surface area contributed by atoms with Gasteiger partial charge >= 0.3 is 0 Å². The standard InChI is InChI=1S/C28H37N3O4/c1-21-16-28(18-31(21)14-13-29-2)35-25-9-6-24(7-10-25)30-12-11-22-17-26(8-5-23(22)19-32)34-20-27-4-3-15-33-27/h5-12,17,19,21,27-30H,3-4,13-16,18,20H2,1-2H3/b12-11-/t21-,27-,28-/m0/s1. The van der Waals surface area contributed by atoms with Gasteiger partial charge < -0.3 is 24.8 Å². The fourth-order valence-electron chi connectivity index (χ4n) is 4.61. The molecule has 0 spiro atoms. The summed E-state index contributed by atoms with van der Waals surface area (Å²) < 4.78 is 17.7. The van der Waals surface area contributed by atoms with Gasteiger partial charge in [0.25, 0.3) is 0 Å². The second kappa shape index (κ2) is 12.7. The van der Waals surface area contributed by atoms with Gasteiger partial charge in [0.1, 0.15) is 24.2 Å². The Balaban J connectivity index is 1.29. The molecule has 0 radical (unpaired) electrons. The topological polar surface area (TPSA) is 72.1 Å². The number of ether oxygens (including phenoxy) is 3. The van der Waals surface area contributed by atoms with Crippen molar-refractivity contribution in [2.24, 2.45) is 0 Å². The van der Waals surface area contributed by atoms with Gasteiger partial charge in [0.2, 0.25) is 0 Å². The Morgan fingerprint density at radius 1 is 1.14 bits per heavy atom. The minimum atomic E-state index is 0.155. The summed E-state index contributed by atoms with van der Waals surface area (Å²) in [4.78, 5) is 13.9. The lowest BCUT2D eigenvalue weighted by molar-refractivity contribution is 0.0679. The number of aldehydes is 1. The van der Waals surface area contributed by atoms with Gasteiger partial charge in [-0.3, -0.25) is 9.69 Å². The van der Waals surface area contributed by atoms with E-state index in [1.807, 2.05) is 55.7 Å². The lowest BCUT2D eigenvalue weighted by Crippen LogP contribution is -2.34. The minimum Gasteiger partial charge on any atom is -0.491 e. The molecule has 2 fully saturated rings. The summed E-state index contributed by atoms with van der Waals surface area (Å²) in [7, 11) is 1.99. The summed E-state index contributed by atoms with van der Waals surface area (Å²) in [5.41, 5.74) is 2.36. The number of likely N-dealkylation sites (tertiary alicyclic amines) is 1. The Hall–Kier alpha value is -2.87. The van der Waals surface area contributed by atoms with Crippen LogP contribution < -0.4 is 20.1 Å². The molecule has 7 heteroatoms. The molecule has 2 N–H and O–H groups in total. The van der Waals surface area contributed by atoms with Gasteiger partial charge in [-0.05, 0) is 80.9 Å². The zero-order valence-electron chi connectivity index (χ0n) is 20.7. The van der Waals surface area contributed by atoms with Crippen LogP contribution in [0, 0.1) is 0 Å². The number of carbonyl (C=O) groups is 1. The molecule has 2 aliphatic heterocycles. The predicted molar refractivity (Wildman–Crippen MR) is 139 cm³/mol. The average molecular weight is 480 g/mol. The molecule has 0 aromatic heterocycles. The highest BCUT2D eigenvalue weighted by atomic mass is 16.5. The number of hydrogen-bond acceptors (Lipinski definition) is 7. The Morgan fingerprint density at radius 2 is 1.97 bits per heavy atom. The molecule has 3 atom stereocenters. The Bertz CT molecular complexity index is 973. The summed E-state index contributed by atoms with van der Waals surface area (Å²) in [6.07, 6.45) is 8.11. The number of rotatable bonds is 12. The maximum absolute atomic E-state index is 11.5. The zero-order valence-corrected chi connectivity index (χ0v) is 20.7. The lowest BCUT2D eigenvalue weighted by atomic mass is 10.1. The van der Waals surface area contributed by atoms with Crippen molar-refractivity contribution in [2.75, 3.05) is 45.2 Å². The first kappa shape index (κ1) is 25.2. The molecule has 0 amide bonds. The molecule has 2 aromatic carbocycles. The van der Waals surface area contributed by atoms with Gasteiger partial charge in [-0.25, -0.2) is 0 Å². The molecule has 0 unspecified atom stereocenters. The lowest BCUT2D eigenvalue weighted by Gasteiger charge is -2.20. The highest BCUT2D eigenvalue weighted by Crippen LogP contribution is 2.24. The summed E-state index contributed by atoms with van der Waals surface area (Å²) in [5.74, 6) is 1.62. The number of carbonyl (C=O) groups excluding carboxylic acids is 1. The third kappa shape index (κ3) is 7.31. The molecule has 2 aliphatic rings. The van der Waals surface area contributed by atoms with E-state index in [1.54, 1.807) is 6.07 Å². The van der Waals surface area contributed by atoms with E-state index in [4.69, 9.17) is 14.2 Å². The van der Waals surface area contributed by atoms with Gasteiger partial charge in [0.05, 0.1) is 6.10 Å². The number of nitrogens with one attached hydrogen (secondary N) is 2. The molecule has 2 saturated heterocycles. The first-order valence-electron chi connectivity index (χ1n) is 12.6. The molecule has 0 saturated carbocycles. The molecule has 4 rings (SSSR count). The van der Waals surface area contributed by atoms with E-state index in [0.717, 1.165) is 74.5 Å². The molecular formula is C28H37N3O4. The highest BCUT2D eigenvalue weighted by molar-refractivity contribution is 5.82. The van der Waals surface area contributed by atoms with Crippen LogP contribution in [0.2, 0.25) is 0 Å². The molecular weight excluding hydrogens is 442 g/mol. The van der Waals surface area contributed by atoms with Crippen LogP contribution in [0.15, 0.2) is 48.7 Å². The van der Waals surface area contributed by atoms with Crippen LogP contribution in [0.4, 0.5) is 5.69 Å².